The minimum atomic E-state index is 0.0795. The second-order valence-electron chi connectivity index (χ2n) is 7.32. The third-order valence-electron chi connectivity index (χ3n) is 5.87. The molecule has 1 heterocycles. The number of hydrogen-bond donors (Lipinski definition) is 0. The fourth-order valence-electron chi connectivity index (χ4n) is 4.37. The Morgan fingerprint density at radius 3 is 1.95 bits per heavy atom. The zero-order valence-corrected chi connectivity index (χ0v) is 14.2. The maximum Gasteiger partial charge on any atom is 0.311 e. The van der Waals surface area contributed by atoms with Gasteiger partial charge in [0.25, 0.3) is 0 Å². The van der Waals surface area contributed by atoms with Crippen LogP contribution in [0.5, 0.6) is 0 Å². The fraction of sp³-hybridized carbons (Fsp3) is 0.684. The van der Waals surface area contributed by atoms with Crippen LogP contribution in [0.3, 0.4) is 0 Å². The molecule has 1 aliphatic carbocycles. The minimum Gasteiger partial charge on any atom is -0.0590 e. The van der Waals surface area contributed by atoms with E-state index >= 15 is 0 Å². The number of aryl methyl sites for hydroxylation is 1. The van der Waals surface area contributed by atoms with Gasteiger partial charge < -0.3 is 0 Å². The Labute approximate surface area is 126 Å². The summed E-state index contributed by atoms with van der Waals surface area (Å²) < 4.78 is 0. The lowest BCUT2D eigenvalue weighted by Crippen LogP contribution is -2.26. The van der Waals surface area contributed by atoms with Gasteiger partial charge in [-0.05, 0) is 68.8 Å². The van der Waals surface area contributed by atoms with Crippen LogP contribution in [-0.4, -0.2) is 8.80 Å². The van der Waals surface area contributed by atoms with Crippen molar-refractivity contribution in [3.05, 3.63) is 35.4 Å². The van der Waals surface area contributed by atoms with Crippen LogP contribution < -0.4 is 0 Å². The average molecular weight is 286 g/mol. The lowest BCUT2D eigenvalue weighted by molar-refractivity contribution is 0.216. The summed E-state index contributed by atoms with van der Waals surface area (Å²) in [5.74, 6) is 3.00. The van der Waals surface area contributed by atoms with Crippen molar-refractivity contribution in [3.8, 4) is 0 Å². The first-order valence-electron chi connectivity index (χ1n) is 8.60. The molecule has 0 N–H and O–H groups in total. The lowest BCUT2D eigenvalue weighted by Gasteiger charge is -2.35. The Kier molecular flexibility index (Phi) is 4.65. The molecular weight excluding hydrogens is 256 g/mol. The van der Waals surface area contributed by atoms with Crippen molar-refractivity contribution < 1.29 is 0 Å². The van der Waals surface area contributed by atoms with Crippen molar-refractivity contribution in [2.75, 3.05) is 0 Å². The van der Waals surface area contributed by atoms with Crippen molar-refractivity contribution in [1.29, 1.82) is 0 Å². The molecule has 1 aromatic carbocycles. The molecule has 0 amide bonds. The molecule has 0 radical (unpaired) electrons. The highest BCUT2D eigenvalue weighted by molar-refractivity contribution is 6.57. The second-order valence-corrected chi connectivity index (χ2v) is 10.2. The van der Waals surface area contributed by atoms with Crippen LogP contribution in [0, 0.1) is 18.8 Å². The molecule has 0 unspecified atom stereocenters. The van der Waals surface area contributed by atoms with Gasteiger partial charge in [-0.1, -0.05) is 29.8 Å². The summed E-state index contributed by atoms with van der Waals surface area (Å²) in [4.78, 5) is 0. The molecule has 20 heavy (non-hydrogen) atoms. The molecule has 0 aromatic heterocycles. The van der Waals surface area contributed by atoms with E-state index < -0.39 is 0 Å². The summed E-state index contributed by atoms with van der Waals surface area (Å²) in [6.45, 7) is 4.72. The van der Waals surface area contributed by atoms with E-state index in [1.165, 1.54) is 31.2 Å². The molecule has 2 fully saturated rings. The molecule has 2 aliphatic rings. The SMILES string of the molecule is Cc1ccc(C2CCC(C3CC[Si+](C)CC3)CC2)cc1. The summed E-state index contributed by atoms with van der Waals surface area (Å²) in [6.07, 6.45) is 8.99. The Morgan fingerprint density at radius 1 is 0.800 bits per heavy atom. The standard InChI is InChI=1S/C19H29Si/c1-15-3-5-16(6-4-15)17-7-9-18(10-8-17)19-11-13-20(2)14-12-19/h3-6,17-19H,7-14H2,1-2H3/q+1. The third kappa shape index (κ3) is 3.36. The van der Waals surface area contributed by atoms with E-state index in [1.807, 2.05) is 0 Å². The van der Waals surface area contributed by atoms with Crippen LogP contribution in [0.25, 0.3) is 0 Å². The molecular formula is C19H29Si+. The molecule has 1 saturated heterocycles. The van der Waals surface area contributed by atoms with Gasteiger partial charge in [0, 0.05) is 0 Å². The van der Waals surface area contributed by atoms with Crippen LogP contribution in [0.15, 0.2) is 24.3 Å². The fourth-order valence-corrected chi connectivity index (χ4v) is 6.34. The monoisotopic (exact) mass is 285 g/mol. The van der Waals surface area contributed by atoms with Crippen LogP contribution in [0.2, 0.25) is 18.6 Å². The van der Waals surface area contributed by atoms with Gasteiger partial charge in [0.2, 0.25) is 0 Å². The molecule has 0 bridgehead atoms. The van der Waals surface area contributed by atoms with E-state index in [1.54, 1.807) is 30.5 Å². The summed E-state index contributed by atoms with van der Waals surface area (Å²) in [5, 5.41) is 0. The van der Waals surface area contributed by atoms with Crippen molar-refractivity contribution in [2.24, 2.45) is 11.8 Å². The van der Waals surface area contributed by atoms with Gasteiger partial charge in [0.1, 0.15) is 0 Å². The Bertz CT molecular complexity index is 406. The highest BCUT2D eigenvalue weighted by Gasteiger charge is 2.35. The Morgan fingerprint density at radius 2 is 1.35 bits per heavy atom. The first kappa shape index (κ1) is 14.4. The lowest BCUT2D eigenvalue weighted by atomic mass is 9.72. The number of rotatable bonds is 2. The number of benzene rings is 1. The zero-order valence-electron chi connectivity index (χ0n) is 13.2. The first-order chi connectivity index (χ1) is 9.72. The van der Waals surface area contributed by atoms with E-state index in [0.29, 0.717) is 0 Å². The van der Waals surface area contributed by atoms with Gasteiger partial charge in [-0.15, -0.1) is 0 Å². The Balaban J connectivity index is 1.53. The summed E-state index contributed by atoms with van der Waals surface area (Å²) in [7, 11) is 0.0795. The second kappa shape index (κ2) is 6.47. The number of hydrogen-bond acceptors (Lipinski definition) is 0. The molecule has 1 saturated carbocycles. The first-order valence-corrected chi connectivity index (χ1v) is 11.0. The molecule has 1 heteroatoms. The molecule has 108 valence electrons. The predicted octanol–water partition coefficient (Wildman–Crippen LogP) is 5.80. The van der Waals surface area contributed by atoms with Crippen LogP contribution >= 0.6 is 0 Å². The molecule has 1 aliphatic heterocycles. The van der Waals surface area contributed by atoms with Crippen LogP contribution in [0.4, 0.5) is 0 Å². The maximum absolute atomic E-state index is 2.54. The molecule has 0 nitrogen and oxygen atoms in total. The largest absolute Gasteiger partial charge is 0.311 e. The molecule has 3 rings (SSSR count). The molecule has 1 aromatic rings. The van der Waals surface area contributed by atoms with Gasteiger partial charge >= 0.3 is 8.80 Å². The van der Waals surface area contributed by atoms with E-state index in [2.05, 4.69) is 37.7 Å². The highest BCUT2D eigenvalue weighted by Crippen LogP contribution is 2.43. The van der Waals surface area contributed by atoms with Crippen molar-refractivity contribution in [2.45, 2.75) is 70.0 Å². The molecule has 0 spiro atoms. The maximum atomic E-state index is 2.54. The van der Waals surface area contributed by atoms with Gasteiger partial charge in [0.05, 0.1) is 18.6 Å². The van der Waals surface area contributed by atoms with Crippen molar-refractivity contribution in [1.82, 2.24) is 0 Å². The van der Waals surface area contributed by atoms with Gasteiger partial charge in [-0.3, -0.25) is 0 Å². The minimum absolute atomic E-state index is 0.0795. The average Bonchev–Trinajstić information content (AvgIpc) is 2.49. The Hall–Kier alpha value is -0.563. The van der Waals surface area contributed by atoms with Crippen molar-refractivity contribution >= 4 is 8.80 Å². The van der Waals surface area contributed by atoms with E-state index in [4.69, 9.17) is 0 Å². The smallest absolute Gasteiger partial charge is 0.0590 e. The van der Waals surface area contributed by atoms with Gasteiger partial charge in [-0.25, -0.2) is 0 Å². The topological polar surface area (TPSA) is 0 Å². The highest BCUT2D eigenvalue weighted by atomic mass is 28.3. The van der Waals surface area contributed by atoms with Crippen LogP contribution in [0.1, 0.15) is 55.6 Å². The summed E-state index contributed by atoms with van der Waals surface area (Å²) in [6, 6.07) is 12.5. The molecule has 0 atom stereocenters. The predicted molar refractivity (Wildman–Crippen MR) is 89.8 cm³/mol. The van der Waals surface area contributed by atoms with E-state index in [9.17, 15) is 0 Å². The van der Waals surface area contributed by atoms with Crippen LogP contribution in [-0.2, 0) is 0 Å². The quantitative estimate of drug-likeness (QED) is 0.602. The summed E-state index contributed by atoms with van der Waals surface area (Å²) >= 11 is 0. The van der Waals surface area contributed by atoms with Gasteiger partial charge in [0.15, 0.2) is 0 Å². The zero-order chi connectivity index (χ0) is 13.9. The summed E-state index contributed by atoms with van der Waals surface area (Å²) in [5.41, 5.74) is 2.98. The van der Waals surface area contributed by atoms with Gasteiger partial charge in [-0.2, -0.15) is 0 Å². The van der Waals surface area contributed by atoms with E-state index in [-0.39, 0.29) is 8.80 Å². The normalized spacial score (nSPS) is 28.6. The third-order valence-corrected chi connectivity index (χ3v) is 8.16. The van der Waals surface area contributed by atoms with E-state index in [0.717, 1.165) is 17.8 Å². The van der Waals surface area contributed by atoms with Crippen molar-refractivity contribution in [3.63, 3.8) is 0 Å².